The molecule has 5 heterocycles. The molecule has 9 heteroatoms. The van der Waals surface area contributed by atoms with Crippen LogP contribution in [0.5, 0.6) is 5.88 Å². The Morgan fingerprint density at radius 3 is 2.70 bits per heavy atom. The second-order valence-electron chi connectivity index (χ2n) is 9.15. The number of hydrogen-bond donors (Lipinski definition) is 0. The molecule has 1 fully saturated rings. The van der Waals surface area contributed by atoms with E-state index in [1.807, 2.05) is 21.5 Å². The summed E-state index contributed by atoms with van der Waals surface area (Å²) in [4.78, 5) is 14.9. The first kappa shape index (κ1) is 19.0. The Morgan fingerprint density at radius 1 is 1.13 bits per heavy atom. The van der Waals surface area contributed by atoms with Crippen molar-refractivity contribution in [2.75, 3.05) is 19.7 Å². The lowest BCUT2D eigenvalue weighted by Gasteiger charge is -2.31. The largest absolute Gasteiger partial charge is 0.477 e. The molecule has 0 N–H and O–H groups in total. The van der Waals surface area contributed by atoms with Crippen molar-refractivity contribution in [3.05, 3.63) is 35.4 Å². The molecule has 5 rings (SSSR count). The van der Waals surface area contributed by atoms with Gasteiger partial charge >= 0.3 is 0 Å². The van der Waals surface area contributed by atoms with Crippen LogP contribution < -0.4 is 4.74 Å². The summed E-state index contributed by atoms with van der Waals surface area (Å²) in [6.07, 6.45) is 4.22. The Morgan fingerprint density at radius 2 is 1.93 bits per heavy atom. The predicted molar refractivity (Wildman–Crippen MR) is 110 cm³/mol. The zero-order valence-corrected chi connectivity index (χ0v) is 17.7. The summed E-state index contributed by atoms with van der Waals surface area (Å²) in [6.45, 7) is 9.22. The zero-order valence-electron chi connectivity index (χ0n) is 17.7. The molecule has 30 heavy (non-hydrogen) atoms. The maximum absolute atomic E-state index is 13.0. The van der Waals surface area contributed by atoms with Crippen LogP contribution in [0.25, 0.3) is 5.65 Å². The molecule has 1 amide bonds. The van der Waals surface area contributed by atoms with E-state index in [0.29, 0.717) is 31.1 Å². The van der Waals surface area contributed by atoms with E-state index in [2.05, 4.69) is 36.1 Å². The van der Waals surface area contributed by atoms with Gasteiger partial charge in [0, 0.05) is 37.4 Å². The predicted octanol–water partition coefficient (Wildman–Crippen LogP) is 2.42. The quantitative estimate of drug-likeness (QED) is 0.646. The van der Waals surface area contributed by atoms with Gasteiger partial charge in [-0.05, 0) is 25.0 Å². The number of amides is 1. The normalized spacial score (nSPS) is 17.8. The second-order valence-corrected chi connectivity index (χ2v) is 9.15. The number of ether oxygens (including phenoxy) is 1. The number of aryl methyl sites for hydroxylation is 1. The van der Waals surface area contributed by atoms with Crippen molar-refractivity contribution in [2.45, 2.75) is 57.9 Å². The lowest BCUT2D eigenvalue weighted by atomic mass is 9.92. The van der Waals surface area contributed by atoms with Crippen molar-refractivity contribution in [1.29, 1.82) is 0 Å². The van der Waals surface area contributed by atoms with Crippen molar-refractivity contribution in [3.63, 3.8) is 0 Å². The molecule has 9 nitrogen and oxygen atoms in total. The summed E-state index contributed by atoms with van der Waals surface area (Å²) in [5.41, 5.74) is 2.30. The van der Waals surface area contributed by atoms with Gasteiger partial charge in [0.05, 0.1) is 18.5 Å². The van der Waals surface area contributed by atoms with Gasteiger partial charge in [-0.3, -0.25) is 4.79 Å². The highest BCUT2D eigenvalue weighted by atomic mass is 16.5. The van der Waals surface area contributed by atoms with Crippen molar-refractivity contribution < 1.29 is 9.53 Å². The molecule has 0 atom stereocenters. The van der Waals surface area contributed by atoms with Gasteiger partial charge in [0.1, 0.15) is 5.56 Å². The average molecular weight is 409 g/mol. The number of likely N-dealkylation sites (tertiary alicyclic amines) is 1. The maximum atomic E-state index is 13.0. The Kier molecular flexibility index (Phi) is 4.48. The van der Waals surface area contributed by atoms with Gasteiger partial charge in [0.25, 0.3) is 5.91 Å². The molecule has 3 aromatic rings. The number of carbonyl (C=O) groups excluding carboxylic acids is 1. The van der Waals surface area contributed by atoms with Crippen LogP contribution in [0.1, 0.15) is 67.8 Å². The molecule has 2 aliphatic rings. The number of nitrogens with zero attached hydrogens (tertiary/aromatic N) is 7. The third kappa shape index (κ3) is 3.22. The molecule has 0 saturated carbocycles. The highest BCUT2D eigenvalue weighted by Gasteiger charge is 2.31. The fourth-order valence-electron chi connectivity index (χ4n) is 4.19. The van der Waals surface area contributed by atoms with Crippen LogP contribution in [-0.4, -0.2) is 60.1 Å². The van der Waals surface area contributed by atoms with Crippen LogP contribution in [-0.2, 0) is 12.0 Å². The van der Waals surface area contributed by atoms with Gasteiger partial charge in [-0.2, -0.15) is 14.7 Å². The number of carbonyl (C=O) groups is 1. The Labute approximate surface area is 175 Å². The van der Waals surface area contributed by atoms with Gasteiger partial charge < -0.3 is 9.64 Å². The highest BCUT2D eigenvalue weighted by Crippen LogP contribution is 2.30. The van der Waals surface area contributed by atoms with Crippen LogP contribution in [0.2, 0.25) is 0 Å². The molecular weight excluding hydrogens is 382 g/mol. The number of fused-ring (bicyclic) bond motifs is 2. The van der Waals surface area contributed by atoms with E-state index in [1.54, 1.807) is 10.9 Å². The summed E-state index contributed by atoms with van der Waals surface area (Å²) in [5, 5.41) is 17.8. The molecule has 0 bridgehead atoms. The molecule has 3 aromatic heterocycles. The van der Waals surface area contributed by atoms with Crippen LogP contribution >= 0.6 is 0 Å². The fraction of sp³-hybridized carbons (Fsp3) is 0.571. The molecule has 0 aliphatic carbocycles. The molecule has 0 spiro atoms. The van der Waals surface area contributed by atoms with Gasteiger partial charge in [-0.1, -0.05) is 20.8 Å². The van der Waals surface area contributed by atoms with E-state index < -0.39 is 0 Å². The first-order valence-corrected chi connectivity index (χ1v) is 10.6. The third-order valence-corrected chi connectivity index (χ3v) is 5.98. The van der Waals surface area contributed by atoms with E-state index in [0.717, 1.165) is 43.0 Å². The topological polar surface area (TPSA) is 90.4 Å². The van der Waals surface area contributed by atoms with Crippen molar-refractivity contribution in [2.24, 2.45) is 0 Å². The number of piperidine rings is 1. The minimum absolute atomic E-state index is 0.00385. The van der Waals surface area contributed by atoms with Gasteiger partial charge in [0.15, 0.2) is 11.5 Å². The van der Waals surface area contributed by atoms with E-state index in [1.165, 1.54) is 0 Å². The summed E-state index contributed by atoms with van der Waals surface area (Å²) in [7, 11) is 0. The second kappa shape index (κ2) is 7.07. The molecular formula is C21H27N7O2. The smallest absolute Gasteiger partial charge is 0.260 e. The lowest BCUT2D eigenvalue weighted by molar-refractivity contribution is 0.0704. The first-order valence-electron chi connectivity index (χ1n) is 10.6. The van der Waals surface area contributed by atoms with E-state index in [4.69, 9.17) is 9.84 Å². The molecule has 0 unspecified atom stereocenters. The summed E-state index contributed by atoms with van der Waals surface area (Å²) in [5.74, 6) is 1.71. The number of rotatable bonds is 2. The summed E-state index contributed by atoms with van der Waals surface area (Å²) >= 11 is 0. The van der Waals surface area contributed by atoms with Gasteiger partial charge in [-0.15, -0.1) is 10.2 Å². The van der Waals surface area contributed by atoms with Crippen molar-refractivity contribution >= 4 is 11.6 Å². The molecule has 1 saturated heterocycles. The first-order chi connectivity index (χ1) is 14.4. The lowest BCUT2D eigenvalue weighted by Crippen LogP contribution is -2.38. The summed E-state index contributed by atoms with van der Waals surface area (Å²) < 4.78 is 9.36. The third-order valence-electron chi connectivity index (χ3n) is 5.98. The minimum atomic E-state index is -0.0433. The maximum Gasteiger partial charge on any atom is 0.260 e. The Balaban J connectivity index is 1.33. The minimum Gasteiger partial charge on any atom is -0.477 e. The Hall–Kier alpha value is -2.97. The average Bonchev–Trinajstić information content (AvgIpc) is 3.36. The van der Waals surface area contributed by atoms with Crippen LogP contribution in [0.4, 0.5) is 0 Å². The summed E-state index contributed by atoms with van der Waals surface area (Å²) in [6, 6.07) is 4.00. The van der Waals surface area contributed by atoms with Crippen LogP contribution in [0.15, 0.2) is 18.3 Å². The van der Waals surface area contributed by atoms with Crippen LogP contribution in [0.3, 0.4) is 0 Å². The molecule has 0 aromatic carbocycles. The zero-order chi connectivity index (χ0) is 20.9. The molecule has 158 valence electrons. The van der Waals surface area contributed by atoms with E-state index >= 15 is 0 Å². The molecule has 0 radical (unpaired) electrons. The number of hydrogen-bond acceptors (Lipinski definition) is 6. The van der Waals surface area contributed by atoms with E-state index in [9.17, 15) is 4.79 Å². The van der Waals surface area contributed by atoms with Crippen molar-refractivity contribution in [1.82, 2.24) is 34.5 Å². The number of aromatic nitrogens is 6. The van der Waals surface area contributed by atoms with Crippen LogP contribution in [0, 0.1) is 0 Å². The van der Waals surface area contributed by atoms with Gasteiger partial charge in [0.2, 0.25) is 5.88 Å². The fourth-order valence-corrected chi connectivity index (χ4v) is 4.19. The van der Waals surface area contributed by atoms with Crippen molar-refractivity contribution in [3.8, 4) is 5.88 Å². The van der Waals surface area contributed by atoms with Gasteiger partial charge in [-0.25, -0.2) is 4.68 Å². The molecule has 2 aliphatic heterocycles. The standard InChI is InChI=1S/C21H27N7O2/c1-21(2,3)16-5-6-17-23-24-18(28(17)25-16)14-7-10-26(11-8-14)19(29)15-13-22-27-9-4-12-30-20(15)27/h5-6,13-14H,4,7-12H2,1-3H3. The monoisotopic (exact) mass is 409 g/mol. The Bertz CT molecular complexity index is 1090. The SMILES string of the molecule is CC(C)(C)c1ccc2nnc(C3CCN(C(=O)c4cnn5c4OCCC5)CC3)n2n1. The van der Waals surface area contributed by atoms with E-state index in [-0.39, 0.29) is 17.2 Å². The highest BCUT2D eigenvalue weighted by molar-refractivity contribution is 5.96.